The molecule has 0 saturated carbocycles. The Morgan fingerprint density at radius 3 is 2.07 bits per heavy atom. The predicted octanol–water partition coefficient (Wildman–Crippen LogP) is 2.63. The fourth-order valence-electron chi connectivity index (χ4n) is 4.21. The molecule has 1 unspecified atom stereocenters. The Morgan fingerprint density at radius 1 is 0.780 bits per heavy atom. The molecule has 0 spiro atoms. The topological polar surface area (TPSA) is 143 Å². The van der Waals surface area contributed by atoms with Crippen molar-refractivity contribution < 1.29 is 33.3 Å². The number of nitrogens with one attached hydrogen (secondary N) is 2. The summed E-state index contributed by atoms with van der Waals surface area (Å²) in [5.74, 6) is 1.29. The quantitative estimate of drug-likeness (QED) is 0.211. The zero-order valence-corrected chi connectivity index (χ0v) is 23.9. The van der Waals surface area contributed by atoms with Crippen LogP contribution in [0.25, 0.3) is 0 Å². The first-order valence-electron chi connectivity index (χ1n) is 12.8. The first kappa shape index (κ1) is 30.6. The number of methoxy groups -OCH3 is 5. The van der Waals surface area contributed by atoms with Gasteiger partial charge in [0.15, 0.2) is 29.0 Å². The van der Waals surface area contributed by atoms with Crippen molar-refractivity contribution in [2.75, 3.05) is 35.5 Å². The monoisotopic (exact) mass is 564 g/mol. The van der Waals surface area contributed by atoms with Gasteiger partial charge in [-0.1, -0.05) is 42.5 Å². The van der Waals surface area contributed by atoms with Crippen molar-refractivity contribution in [3.63, 3.8) is 0 Å². The Balaban J connectivity index is 1.75. The molecule has 0 aliphatic heterocycles. The number of hydrogen-bond donors (Lipinski definition) is 3. The van der Waals surface area contributed by atoms with E-state index in [9.17, 15) is 9.59 Å². The van der Waals surface area contributed by atoms with E-state index in [0.717, 1.165) is 11.1 Å². The second-order valence-electron chi connectivity index (χ2n) is 8.85. The molecule has 0 aliphatic rings. The Labute approximate surface area is 239 Å². The van der Waals surface area contributed by atoms with E-state index in [1.54, 1.807) is 38.5 Å². The van der Waals surface area contributed by atoms with Gasteiger partial charge in [-0.05, 0) is 29.3 Å². The Bertz CT molecular complexity index is 1360. The molecule has 0 fully saturated rings. The highest BCUT2D eigenvalue weighted by molar-refractivity contribution is 5.96. The normalized spacial score (nSPS) is 11.7. The summed E-state index contributed by atoms with van der Waals surface area (Å²) < 4.78 is 26.7. The SMILES string of the molecule is COc1ccc(CNC(=O)C(Cc2ccccc2)NC(N)=NC(=O)Cc2ccc(OC)c(OC)c2OC)cc1OC. The van der Waals surface area contributed by atoms with Gasteiger partial charge < -0.3 is 40.1 Å². The molecule has 11 heteroatoms. The molecule has 4 N–H and O–H groups in total. The third-order valence-electron chi connectivity index (χ3n) is 6.21. The van der Waals surface area contributed by atoms with Crippen molar-refractivity contribution in [1.82, 2.24) is 10.6 Å². The first-order chi connectivity index (χ1) is 19.8. The minimum Gasteiger partial charge on any atom is -0.493 e. The van der Waals surface area contributed by atoms with Crippen LogP contribution in [-0.2, 0) is 29.0 Å². The smallest absolute Gasteiger partial charge is 0.253 e. The van der Waals surface area contributed by atoms with E-state index < -0.39 is 11.9 Å². The van der Waals surface area contributed by atoms with Crippen LogP contribution in [-0.4, -0.2) is 59.4 Å². The van der Waals surface area contributed by atoms with Crippen LogP contribution in [0.5, 0.6) is 28.7 Å². The van der Waals surface area contributed by atoms with Gasteiger partial charge in [-0.25, -0.2) is 0 Å². The molecule has 3 aromatic carbocycles. The van der Waals surface area contributed by atoms with E-state index in [2.05, 4.69) is 15.6 Å². The zero-order chi connectivity index (χ0) is 29.8. The van der Waals surface area contributed by atoms with Crippen LogP contribution in [0.3, 0.4) is 0 Å². The van der Waals surface area contributed by atoms with E-state index in [0.29, 0.717) is 40.7 Å². The van der Waals surface area contributed by atoms with Gasteiger partial charge in [0.25, 0.3) is 5.91 Å². The van der Waals surface area contributed by atoms with Crippen LogP contribution < -0.4 is 40.1 Å². The molecule has 3 aromatic rings. The van der Waals surface area contributed by atoms with Crippen molar-refractivity contribution >= 4 is 17.8 Å². The van der Waals surface area contributed by atoms with Crippen molar-refractivity contribution in [2.45, 2.75) is 25.4 Å². The Kier molecular flexibility index (Phi) is 11.2. The van der Waals surface area contributed by atoms with E-state index >= 15 is 0 Å². The zero-order valence-electron chi connectivity index (χ0n) is 23.9. The molecule has 11 nitrogen and oxygen atoms in total. The third kappa shape index (κ3) is 8.28. The molecule has 0 radical (unpaired) electrons. The van der Waals surface area contributed by atoms with E-state index in [1.807, 2.05) is 36.4 Å². The lowest BCUT2D eigenvalue weighted by molar-refractivity contribution is -0.123. The maximum absolute atomic E-state index is 13.3. The highest BCUT2D eigenvalue weighted by Crippen LogP contribution is 2.40. The number of hydrogen-bond acceptors (Lipinski definition) is 7. The van der Waals surface area contributed by atoms with Gasteiger partial charge >= 0.3 is 0 Å². The molecule has 1 atom stereocenters. The summed E-state index contributed by atoms with van der Waals surface area (Å²) in [4.78, 5) is 30.1. The van der Waals surface area contributed by atoms with Gasteiger partial charge in [0, 0.05) is 18.5 Å². The molecular formula is C30H36N4O7. The van der Waals surface area contributed by atoms with Gasteiger partial charge in [0.05, 0.1) is 42.0 Å². The van der Waals surface area contributed by atoms with Crippen LogP contribution in [0.4, 0.5) is 0 Å². The maximum Gasteiger partial charge on any atom is 0.253 e. The van der Waals surface area contributed by atoms with Gasteiger partial charge in [-0.15, -0.1) is 0 Å². The average Bonchev–Trinajstić information content (AvgIpc) is 2.99. The first-order valence-corrected chi connectivity index (χ1v) is 12.8. The van der Waals surface area contributed by atoms with Crippen molar-refractivity contribution in [1.29, 1.82) is 0 Å². The third-order valence-corrected chi connectivity index (χ3v) is 6.21. The van der Waals surface area contributed by atoms with Gasteiger partial charge in [-0.3, -0.25) is 9.59 Å². The number of guanidine groups is 1. The summed E-state index contributed by atoms with van der Waals surface area (Å²) in [6, 6.07) is 17.4. The fourth-order valence-corrected chi connectivity index (χ4v) is 4.21. The second kappa shape index (κ2) is 15.0. The van der Waals surface area contributed by atoms with Gasteiger partial charge in [0.1, 0.15) is 6.04 Å². The molecule has 3 rings (SSSR count). The summed E-state index contributed by atoms with van der Waals surface area (Å²) in [6.45, 7) is 0.237. The number of ether oxygens (including phenoxy) is 5. The minimum atomic E-state index is -0.801. The summed E-state index contributed by atoms with van der Waals surface area (Å²) in [7, 11) is 7.56. The predicted molar refractivity (Wildman–Crippen MR) is 155 cm³/mol. The lowest BCUT2D eigenvalue weighted by Crippen LogP contribution is -2.50. The lowest BCUT2D eigenvalue weighted by atomic mass is 10.1. The van der Waals surface area contributed by atoms with E-state index in [-0.39, 0.29) is 24.8 Å². The van der Waals surface area contributed by atoms with Crippen LogP contribution in [0.1, 0.15) is 16.7 Å². The van der Waals surface area contributed by atoms with Gasteiger partial charge in [0.2, 0.25) is 11.7 Å². The summed E-state index contributed by atoms with van der Waals surface area (Å²) in [5.41, 5.74) is 8.36. The average molecular weight is 565 g/mol. The summed E-state index contributed by atoms with van der Waals surface area (Å²) in [6.07, 6.45) is 0.202. The number of nitrogens with zero attached hydrogens (tertiary/aromatic N) is 1. The highest BCUT2D eigenvalue weighted by atomic mass is 16.5. The number of carbonyl (C=O) groups is 2. The molecule has 0 heterocycles. The van der Waals surface area contributed by atoms with Crippen LogP contribution in [0.2, 0.25) is 0 Å². The summed E-state index contributed by atoms with van der Waals surface area (Å²) >= 11 is 0. The largest absolute Gasteiger partial charge is 0.493 e. The second-order valence-corrected chi connectivity index (χ2v) is 8.85. The molecule has 0 aromatic heterocycles. The molecular weight excluding hydrogens is 528 g/mol. The van der Waals surface area contributed by atoms with Crippen molar-refractivity contribution in [3.8, 4) is 28.7 Å². The molecule has 0 saturated heterocycles. The van der Waals surface area contributed by atoms with Gasteiger partial charge in [-0.2, -0.15) is 4.99 Å². The molecule has 2 amide bonds. The Morgan fingerprint density at radius 2 is 1.44 bits per heavy atom. The molecule has 218 valence electrons. The standard InChI is InChI=1S/C30H36N4O7/c1-37-23-13-11-20(16-25(23)39-3)18-32-29(36)22(15-19-9-7-6-8-10-19)33-30(31)34-26(35)17-21-12-14-24(38-2)28(41-5)27(21)40-4/h6-14,16,22H,15,17-18H2,1-5H3,(H,32,36)(H3,31,33,34,35). The molecule has 41 heavy (non-hydrogen) atoms. The van der Waals surface area contributed by atoms with E-state index in [4.69, 9.17) is 29.4 Å². The number of aliphatic imine (C=N–C) groups is 1. The number of nitrogens with two attached hydrogens (primary N) is 1. The Hall–Kier alpha value is -4.93. The van der Waals surface area contributed by atoms with Crippen LogP contribution in [0.15, 0.2) is 65.7 Å². The number of carbonyl (C=O) groups excluding carboxylic acids is 2. The number of rotatable bonds is 13. The number of amides is 2. The molecule has 0 bridgehead atoms. The lowest BCUT2D eigenvalue weighted by Gasteiger charge is -2.19. The minimum absolute atomic E-state index is 0.110. The fraction of sp³-hybridized carbons (Fsp3) is 0.300. The molecule has 0 aliphatic carbocycles. The van der Waals surface area contributed by atoms with Crippen LogP contribution >= 0.6 is 0 Å². The number of benzene rings is 3. The van der Waals surface area contributed by atoms with Crippen molar-refractivity contribution in [3.05, 3.63) is 77.4 Å². The van der Waals surface area contributed by atoms with Crippen LogP contribution in [0, 0.1) is 0 Å². The maximum atomic E-state index is 13.3. The van der Waals surface area contributed by atoms with Crippen molar-refractivity contribution in [2.24, 2.45) is 10.7 Å². The highest BCUT2D eigenvalue weighted by Gasteiger charge is 2.21. The summed E-state index contributed by atoms with van der Waals surface area (Å²) in [5, 5.41) is 5.81. The van der Waals surface area contributed by atoms with E-state index in [1.165, 1.54) is 21.3 Å².